The Labute approximate surface area is 95.6 Å². The molecule has 2 fully saturated rings. The van der Waals surface area contributed by atoms with Crippen LogP contribution in [0.5, 0.6) is 0 Å². The van der Waals surface area contributed by atoms with Gasteiger partial charge in [0.1, 0.15) is 5.54 Å². The number of carboxylic acids is 1. The molecule has 2 rings (SSSR count). The van der Waals surface area contributed by atoms with Crippen molar-refractivity contribution in [3.05, 3.63) is 0 Å². The van der Waals surface area contributed by atoms with Gasteiger partial charge in [-0.15, -0.1) is 0 Å². The Morgan fingerprint density at radius 2 is 2.12 bits per heavy atom. The summed E-state index contributed by atoms with van der Waals surface area (Å²) in [5, 5.41) is 9.48. The molecule has 4 heteroatoms. The normalized spacial score (nSPS) is 34.4. The molecule has 2 unspecified atom stereocenters. The van der Waals surface area contributed by atoms with E-state index in [0.29, 0.717) is 18.8 Å². The SMILES string of the molecule is CC1CCCC(C(=O)O)(N(C=O)C2CC2)C1. The minimum atomic E-state index is -0.916. The van der Waals surface area contributed by atoms with Crippen molar-refractivity contribution in [2.75, 3.05) is 0 Å². The summed E-state index contributed by atoms with van der Waals surface area (Å²) in [5.41, 5.74) is -0.916. The van der Waals surface area contributed by atoms with Gasteiger partial charge in [-0.05, 0) is 31.6 Å². The molecular weight excluding hydrogens is 206 g/mol. The lowest BCUT2D eigenvalue weighted by Gasteiger charge is -2.43. The van der Waals surface area contributed by atoms with Gasteiger partial charge in [-0.25, -0.2) is 4.79 Å². The van der Waals surface area contributed by atoms with Crippen LogP contribution in [-0.4, -0.2) is 34.0 Å². The van der Waals surface area contributed by atoms with Crippen molar-refractivity contribution in [2.24, 2.45) is 5.92 Å². The lowest BCUT2D eigenvalue weighted by molar-refractivity contribution is -0.159. The first-order valence-electron chi connectivity index (χ1n) is 6.07. The number of aliphatic carboxylic acids is 1. The molecule has 4 nitrogen and oxygen atoms in total. The fraction of sp³-hybridized carbons (Fsp3) is 0.833. The number of amides is 1. The van der Waals surface area contributed by atoms with E-state index < -0.39 is 11.5 Å². The minimum Gasteiger partial charge on any atom is -0.479 e. The molecule has 0 aliphatic heterocycles. The lowest BCUT2D eigenvalue weighted by Crippen LogP contribution is -2.57. The van der Waals surface area contributed by atoms with Crippen LogP contribution in [0.3, 0.4) is 0 Å². The smallest absolute Gasteiger partial charge is 0.329 e. The Bertz CT molecular complexity index is 301. The maximum absolute atomic E-state index is 11.6. The molecule has 0 spiro atoms. The van der Waals surface area contributed by atoms with Gasteiger partial charge < -0.3 is 10.0 Å². The largest absolute Gasteiger partial charge is 0.479 e. The third-order valence-corrected chi connectivity index (χ3v) is 3.92. The van der Waals surface area contributed by atoms with Gasteiger partial charge >= 0.3 is 5.97 Å². The highest BCUT2D eigenvalue weighted by atomic mass is 16.4. The van der Waals surface area contributed by atoms with E-state index >= 15 is 0 Å². The summed E-state index contributed by atoms with van der Waals surface area (Å²) in [6.07, 6.45) is 5.88. The highest BCUT2D eigenvalue weighted by Gasteiger charge is 2.50. The Balaban J connectivity index is 2.25. The van der Waals surface area contributed by atoms with Crippen molar-refractivity contribution in [1.29, 1.82) is 0 Å². The summed E-state index contributed by atoms with van der Waals surface area (Å²) in [6, 6.07) is 0.180. The van der Waals surface area contributed by atoms with E-state index in [1.54, 1.807) is 4.90 Å². The van der Waals surface area contributed by atoms with E-state index in [4.69, 9.17) is 0 Å². The van der Waals surface area contributed by atoms with Crippen LogP contribution in [0.15, 0.2) is 0 Å². The molecule has 0 aromatic carbocycles. The lowest BCUT2D eigenvalue weighted by atomic mass is 9.75. The molecule has 0 aromatic rings. The number of carboxylic acid groups (broad SMARTS) is 1. The van der Waals surface area contributed by atoms with Crippen molar-refractivity contribution < 1.29 is 14.7 Å². The van der Waals surface area contributed by atoms with E-state index in [1.165, 1.54) is 0 Å². The molecule has 2 atom stereocenters. The Hall–Kier alpha value is -1.06. The molecule has 90 valence electrons. The molecule has 0 aromatic heterocycles. The first-order chi connectivity index (χ1) is 7.60. The monoisotopic (exact) mass is 225 g/mol. The molecule has 1 amide bonds. The number of carbonyl (C=O) groups is 2. The summed E-state index contributed by atoms with van der Waals surface area (Å²) >= 11 is 0. The van der Waals surface area contributed by atoms with Gasteiger partial charge in [0.25, 0.3) is 0 Å². The predicted molar refractivity (Wildman–Crippen MR) is 58.9 cm³/mol. The van der Waals surface area contributed by atoms with Crippen LogP contribution in [0.4, 0.5) is 0 Å². The first-order valence-corrected chi connectivity index (χ1v) is 6.07. The Morgan fingerprint density at radius 1 is 1.44 bits per heavy atom. The number of carbonyl (C=O) groups excluding carboxylic acids is 1. The van der Waals surface area contributed by atoms with E-state index in [-0.39, 0.29) is 6.04 Å². The number of hydrogen-bond acceptors (Lipinski definition) is 2. The van der Waals surface area contributed by atoms with Crippen molar-refractivity contribution >= 4 is 12.4 Å². The molecule has 2 saturated carbocycles. The number of nitrogens with zero attached hydrogens (tertiary/aromatic N) is 1. The van der Waals surface area contributed by atoms with E-state index in [2.05, 4.69) is 6.92 Å². The van der Waals surface area contributed by atoms with Gasteiger partial charge in [-0.3, -0.25) is 4.79 Å². The van der Waals surface area contributed by atoms with Gasteiger partial charge in [-0.1, -0.05) is 19.8 Å². The molecule has 2 aliphatic rings. The summed E-state index contributed by atoms with van der Waals surface area (Å²) < 4.78 is 0. The fourth-order valence-electron chi connectivity index (χ4n) is 2.95. The molecule has 0 bridgehead atoms. The maximum Gasteiger partial charge on any atom is 0.329 e. The zero-order valence-electron chi connectivity index (χ0n) is 9.69. The van der Waals surface area contributed by atoms with Gasteiger partial charge in [0.15, 0.2) is 0 Å². The number of hydrogen-bond donors (Lipinski definition) is 1. The molecule has 0 saturated heterocycles. The van der Waals surface area contributed by atoms with Gasteiger partial charge in [0.05, 0.1) is 0 Å². The zero-order chi connectivity index (χ0) is 11.8. The van der Waals surface area contributed by atoms with Crippen LogP contribution in [0.2, 0.25) is 0 Å². The molecule has 16 heavy (non-hydrogen) atoms. The first kappa shape index (κ1) is 11.4. The molecule has 0 radical (unpaired) electrons. The topological polar surface area (TPSA) is 57.6 Å². The summed E-state index contributed by atoms with van der Waals surface area (Å²) in [6.45, 7) is 2.08. The molecule has 2 aliphatic carbocycles. The highest BCUT2D eigenvalue weighted by molar-refractivity contribution is 5.82. The summed E-state index contributed by atoms with van der Waals surface area (Å²) in [4.78, 5) is 24.3. The van der Waals surface area contributed by atoms with Crippen molar-refractivity contribution in [3.8, 4) is 0 Å². The number of rotatable bonds is 4. The molecular formula is C12H19NO3. The highest BCUT2D eigenvalue weighted by Crippen LogP contribution is 2.41. The zero-order valence-corrected chi connectivity index (χ0v) is 9.69. The van der Waals surface area contributed by atoms with Crippen LogP contribution in [0, 0.1) is 5.92 Å². The maximum atomic E-state index is 11.6. The minimum absolute atomic E-state index is 0.180. The second kappa shape index (κ2) is 4.07. The average Bonchev–Trinajstić information content (AvgIpc) is 3.03. The van der Waals surface area contributed by atoms with Crippen molar-refractivity contribution in [3.63, 3.8) is 0 Å². The van der Waals surface area contributed by atoms with Gasteiger partial charge in [0, 0.05) is 6.04 Å². The third-order valence-electron chi connectivity index (χ3n) is 3.92. The van der Waals surface area contributed by atoms with Crippen molar-refractivity contribution in [1.82, 2.24) is 4.90 Å². The second-order valence-electron chi connectivity index (χ2n) is 5.28. The predicted octanol–water partition coefficient (Wildman–Crippen LogP) is 1.64. The quantitative estimate of drug-likeness (QED) is 0.740. The van der Waals surface area contributed by atoms with Gasteiger partial charge in [0.2, 0.25) is 6.41 Å². The van der Waals surface area contributed by atoms with Crippen LogP contribution in [0.25, 0.3) is 0 Å². The van der Waals surface area contributed by atoms with Crippen LogP contribution in [0.1, 0.15) is 45.4 Å². The summed E-state index contributed by atoms with van der Waals surface area (Å²) in [5.74, 6) is -0.427. The van der Waals surface area contributed by atoms with Gasteiger partial charge in [-0.2, -0.15) is 0 Å². The van der Waals surface area contributed by atoms with E-state index in [9.17, 15) is 14.7 Å². The fourth-order valence-corrected chi connectivity index (χ4v) is 2.95. The summed E-state index contributed by atoms with van der Waals surface area (Å²) in [7, 11) is 0. The second-order valence-corrected chi connectivity index (χ2v) is 5.28. The van der Waals surface area contributed by atoms with Crippen LogP contribution >= 0.6 is 0 Å². The van der Waals surface area contributed by atoms with Crippen LogP contribution < -0.4 is 0 Å². The molecule has 0 heterocycles. The van der Waals surface area contributed by atoms with E-state index in [0.717, 1.165) is 32.1 Å². The molecule has 1 N–H and O–H groups in total. The standard InChI is InChI=1S/C12H19NO3/c1-9-3-2-6-12(7-9,11(15)16)13(8-14)10-4-5-10/h8-10H,2-7H2,1H3,(H,15,16). The van der Waals surface area contributed by atoms with E-state index in [1.807, 2.05) is 0 Å². The Kier molecular flexibility index (Phi) is 2.91. The van der Waals surface area contributed by atoms with Crippen molar-refractivity contribution in [2.45, 2.75) is 57.0 Å². The average molecular weight is 225 g/mol. The third kappa shape index (κ3) is 1.81. The Morgan fingerprint density at radius 3 is 2.56 bits per heavy atom. The van der Waals surface area contributed by atoms with Crippen LogP contribution in [-0.2, 0) is 9.59 Å².